The highest BCUT2D eigenvalue weighted by atomic mass is 16.1. The van der Waals surface area contributed by atoms with Crippen molar-refractivity contribution in [1.82, 2.24) is 0 Å². The van der Waals surface area contributed by atoms with Crippen LogP contribution in [-0.2, 0) is 9.59 Å². The summed E-state index contributed by atoms with van der Waals surface area (Å²) in [6, 6.07) is 0. The predicted molar refractivity (Wildman–Crippen MR) is 97.7 cm³/mol. The Morgan fingerprint density at radius 2 is 2.00 bits per heavy atom. The average molecular weight is 336 g/mol. The van der Waals surface area contributed by atoms with Crippen LogP contribution in [0, 0.1) is 39.9 Å². The molecule has 2 saturated carbocycles. The summed E-state index contributed by atoms with van der Waals surface area (Å²) >= 11 is 0. The third-order valence-corrected chi connectivity index (χ3v) is 9.08. The maximum atomic E-state index is 12.6. The number of rotatable bonds is 1. The number of ketones is 2. The van der Waals surface area contributed by atoms with Crippen molar-refractivity contribution in [3.05, 3.63) is 36.0 Å². The molecule has 2 fully saturated rings. The van der Waals surface area contributed by atoms with E-state index in [1.807, 2.05) is 6.08 Å². The second-order valence-electron chi connectivity index (χ2n) is 9.64. The van der Waals surface area contributed by atoms with Gasteiger partial charge in [0.2, 0.25) is 0 Å². The van der Waals surface area contributed by atoms with Gasteiger partial charge in [0, 0.05) is 11.8 Å². The van der Waals surface area contributed by atoms with Crippen LogP contribution in [0.25, 0.3) is 0 Å². The van der Waals surface area contributed by atoms with Crippen molar-refractivity contribution in [1.29, 1.82) is 0 Å². The fourth-order valence-electron chi connectivity index (χ4n) is 7.87. The molecule has 2 bridgehead atoms. The normalized spacial score (nSPS) is 52.4. The van der Waals surface area contributed by atoms with E-state index in [-0.39, 0.29) is 22.0 Å². The molecule has 2 heteroatoms. The third kappa shape index (κ3) is 1.59. The molecule has 0 aromatic carbocycles. The van der Waals surface area contributed by atoms with E-state index in [0.29, 0.717) is 35.9 Å². The molecule has 5 aliphatic carbocycles. The van der Waals surface area contributed by atoms with Crippen LogP contribution in [0.2, 0.25) is 0 Å². The zero-order valence-electron chi connectivity index (χ0n) is 15.5. The molecule has 0 aromatic rings. The number of hydrogen-bond acceptors (Lipinski definition) is 2. The van der Waals surface area contributed by atoms with Gasteiger partial charge in [0.15, 0.2) is 5.78 Å². The first-order chi connectivity index (χ1) is 11.8. The molecule has 0 aliphatic heterocycles. The Hall–Kier alpha value is -1.44. The summed E-state index contributed by atoms with van der Waals surface area (Å²) in [4.78, 5) is 24.6. The smallest absolute Gasteiger partial charge is 0.156 e. The minimum Gasteiger partial charge on any atom is -0.299 e. The molecule has 0 aromatic heterocycles. The Kier molecular flexibility index (Phi) is 2.93. The van der Waals surface area contributed by atoms with Gasteiger partial charge in [0.1, 0.15) is 5.78 Å². The van der Waals surface area contributed by atoms with Crippen molar-refractivity contribution < 1.29 is 9.59 Å². The number of carbonyl (C=O) groups is 2. The van der Waals surface area contributed by atoms with Crippen molar-refractivity contribution in [3.63, 3.8) is 0 Å². The van der Waals surface area contributed by atoms with Crippen molar-refractivity contribution in [2.45, 2.75) is 52.9 Å². The molecule has 5 aliphatic rings. The van der Waals surface area contributed by atoms with Crippen LogP contribution in [0.3, 0.4) is 0 Å². The van der Waals surface area contributed by atoms with Crippen LogP contribution >= 0.6 is 0 Å². The maximum Gasteiger partial charge on any atom is 0.156 e. The van der Waals surface area contributed by atoms with Crippen LogP contribution in [-0.4, -0.2) is 11.6 Å². The molecule has 5 rings (SSSR count). The second-order valence-corrected chi connectivity index (χ2v) is 9.64. The zero-order valence-corrected chi connectivity index (χ0v) is 15.5. The van der Waals surface area contributed by atoms with Crippen molar-refractivity contribution >= 4 is 11.6 Å². The fraction of sp³-hybridized carbons (Fsp3) is 0.652. The monoisotopic (exact) mass is 336 g/mol. The van der Waals surface area contributed by atoms with E-state index in [1.165, 1.54) is 12.0 Å². The fourth-order valence-corrected chi connectivity index (χ4v) is 7.87. The molecule has 7 atom stereocenters. The van der Waals surface area contributed by atoms with Crippen LogP contribution < -0.4 is 0 Å². The van der Waals surface area contributed by atoms with Gasteiger partial charge in [-0.05, 0) is 73.3 Å². The molecule has 2 nitrogen and oxygen atoms in total. The third-order valence-electron chi connectivity index (χ3n) is 9.08. The topological polar surface area (TPSA) is 34.1 Å². The van der Waals surface area contributed by atoms with Gasteiger partial charge in [-0.1, -0.05) is 38.2 Å². The summed E-state index contributed by atoms with van der Waals surface area (Å²) < 4.78 is 0. The number of allylic oxidation sites excluding steroid dienone is 6. The van der Waals surface area contributed by atoms with Gasteiger partial charge in [0.05, 0.1) is 5.41 Å². The first-order valence-electron chi connectivity index (χ1n) is 9.99. The van der Waals surface area contributed by atoms with Crippen LogP contribution in [0.15, 0.2) is 36.0 Å². The van der Waals surface area contributed by atoms with Crippen LogP contribution in [0.1, 0.15) is 52.9 Å². The SMILES string of the molecule is CC(=O)[C@@]12C=CC3(CC1)[C@@H]1C=CC4=CC(=O)CC(C)[C@@H]4[C@H]1CC[C@@]32C. The van der Waals surface area contributed by atoms with Crippen molar-refractivity contribution in [3.8, 4) is 0 Å². The highest BCUT2D eigenvalue weighted by molar-refractivity contribution is 5.92. The summed E-state index contributed by atoms with van der Waals surface area (Å²) in [6.07, 6.45) is 16.5. The van der Waals surface area contributed by atoms with E-state index in [4.69, 9.17) is 0 Å². The first-order valence-corrected chi connectivity index (χ1v) is 9.99. The number of fused-ring (bicyclic) bond motifs is 3. The lowest BCUT2D eigenvalue weighted by atomic mass is 9.45. The van der Waals surface area contributed by atoms with Gasteiger partial charge < -0.3 is 0 Å². The highest BCUT2D eigenvalue weighted by Crippen LogP contribution is 2.77. The summed E-state index contributed by atoms with van der Waals surface area (Å²) in [5.74, 6) is 2.75. The van der Waals surface area contributed by atoms with Gasteiger partial charge in [-0.2, -0.15) is 0 Å². The van der Waals surface area contributed by atoms with E-state index in [1.54, 1.807) is 6.92 Å². The Labute approximate surface area is 150 Å². The van der Waals surface area contributed by atoms with E-state index in [2.05, 4.69) is 38.2 Å². The minimum atomic E-state index is -0.226. The van der Waals surface area contributed by atoms with Gasteiger partial charge in [-0.15, -0.1) is 0 Å². The molecule has 0 saturated heterocycles. The predicted octanol–water partition coefficient (Wildman–Crippen LogP) is 4.67. The van der Waals surface area contributed by atoms with Gasteiger partial charge >= 0.3 is 0 Å². The molecule has 0 radical (unpaired) electrons. The summed E-state index contributed by atoms with van der Waals surface area (Å²) in [6.45, 7) is 6.45. The van der Waals surface area contributed by atoms with E-state index in [0.717, 1.165) is 19.3 Å². The van der Waals surface area contributed by atoms with E-state index in [9.17, 15) is 9.59 Å². The first kappa shape index (κ1) is 15.8. The molecule has 0 spiro atoms. The Morgan fingerprint density at radius 1 is 1.20 bits per heavy atom. The van der Waals surface area contributed by atoms with E-state index >= 15 is 0 Å². The molecule has 132 valence electrons. The number of Topliss-reactive ketones (excluding diaryl/α,β-unsaturated/α-hetero) is 1. The Morgan fingerprint density at radius 3 is 2.68 bits per heavy atom. The minimum absolute atomic E-state index is 0.0757. The maximum absolute atomic E-state index is 12.6. The molecular weight excluding hydrogens is 308 g/mol. The standard InChI is InChI=1S/C23H28O2/c1-14-12-17(25)13-16-4-5-19-18(20(14)16)6-7-21(3)22(15(2)24)8-10-23(19,21)11-9-22/h4-5,8,10,13-14,18-20H,6-7,9,11-12H2,1-3H3/t14?,18-,19+,20-,21+,22+,23?/m0/s1. The largest absolute Gasteiger partial charge is 0.299 e. The lowest BCUT2D eigenvalue weighted by Crippen LogP contribution is -2.53. The van der Waals surface area contributed by atoms with Crippen LogP contribution in [0.5, 0.6) is 0 Å². The summed E-state index contributed by atoms with van der Waals surface area (Å²) in [5.41, 5.74) is 1.26. The Bertz CT molecular complexity index is 771. The molecule has 2 unspecified atom stereocenters. The molecule has 0 heterocycles. The van der Waals surface area contributed by atoms with Gasteiger partial charge in [0.25, 0.3) is 0 Å². The van der Waals surface area contributed by atoms with Crippen molar-refractivity contribution in [2.24, 2.45) is 39.9 Å². The molecular formula is C23H28O2. The molecule has 25 heavy (non-hydrogen) atoms. The van der Waals surface area contributed by atoms with E-state index < -0.39 is 0 Å². The molecule has 0 amide bonds. The lowest BCUT2D eigenvalue weighted by Gasteiger charge is -2.58. The summed E-state index contributed by atoms with van der Waals surface area (Å²) in [5, 5.41) is 0. The second kappa shape index (κ2) is 4.64. The van der Waals surface area contributed by atoms with Gasteiger partial charge in [-0.25, -0.2) is 0 Å². The average Bonchev–Trinajstić information content (AvgIpc) is 2.99. The highest BCUT2D eigenvalue weighted by Gasteiger charge is 2.72. The molecule has 0 N–H and O–H groups in total. The van der Waals surface area contributed by atoms with Gasteiger partial charge in [-0.3, -0.25) is 9.59 Å². The Balaban J connectivity index is 1.63. The quantitative estimate of drug-likeness (QED) is 0.652. The van der Waals surface area contributed by atoms with Crippen molar-refractivity contribution in [2.75, 3.05) is 0 Å². The lowest BCUT2D eigenvalue weighted by molar-refractivity contribution is -0.134. The number of hydrogen-bond donors (Lipinski definition) is 0. The number of carbonyl (C=O) groups excluding carboxylic acids is 2. The van der Waals surface area contributed by atoms with Crippen LogP contribution in [0.4, 0.5) is 0 Å². The zero-order chi connectivity index (χ0) is 17.6. The summed E-state index contributed by atoms with van der Waals surface area (Å²) in [7, 11) is 0.